The van der Waals surface area contributed by atoms with E-state index in [0.717, 1.165) is 19.3 Å². The first kappa shape index (κ1) is 11.8. The van der Waals surface area contributed by atoms with E-state index < -0.39 is 0 Å². The third kappa shape index (κ3) is 1.97. The van der Waals surface area contributed by atoms with E-state index in [9.17, 15) is 9.59 Å². The molecule has 3 heteroatoms. The number of hydrogen-bond acceptors (Lipinski definition) is 2. The summed E-state index contributed by atoms with van der Waals surface area (Å²) >= 11 is 0. The van der Waals surface area contributed by atoms with Crippen molar-refractivity contribution in [3.05, 3.63) is 35.4 Å². The van der Waals surface area contributed by atoms with Crippen LogP contribution in [-0.4, -0.2) is 22.8 Å². The molecular formula is C14H17NO2. The van der Waals surface area contributed by atoms with Crippen LogP contribution in [0.25, 0.3) is 0 Å². The molecule has 0 N–H and O–H groups in total. The van der Waals surface area contributed by atoms with Crippen molar-refractivity contribution >= 4 is 11.8 Å². The molecule has 1 aliphatic rings. The van der Waals surface area contributed by atoms with Crippen molar-refractivity contribution in [1.29, 1.82) is 0 Å². The Morgan fingerprint density at radius 1 is 1.12 bits per heavy atom. The number of rotatable bonds is 4. The van der Waals surface area contributed by atoms with Gasteiger partial charge in [0, 0.05) is 6.04 Å². The summed E-state index contributed by atoms with van der Waals surface area (Å²) in [6.45, 7) is 4.05. The van der Waals surface area contributed by atoms with Crippen LogP contribution in [0.2, 0.25) is 0 Å². The van der Waals surface area contributed by atoms with Crippen molar-refractivity contribution in [2.45, 2.75) is 39.2 Å². The average molecular weight is 231 g/mol. The summed E-state index contributed by atoms with van der Waals surface area (Å²) in [6, 6.07) is 7.03. The van der Waals surface area contributed by atoms with Crippen molar-refractivity contribution in [2.24, 2.45) is 0 Å². The van der Waals surface area contributed by atoms with Gasteiger partial charge in [-0.15, -0.1) is 0 Å². The molecule has 0 radical (unpaired) electrons. The molecule has 1 atom stereocenters. The highest BCUT2D eigenvalue weighted by molar-refractivity contribution is 6.21. The maximum atomic E-state index is 12.1. The number of hydrogen-bond donors (Lipinski definition) is 0. The van der Waals surface area contributed by atoms with Crippen molar-refractivity contribution in [3.63, 3.8) is 0 Å². The van der Waals surface area contributed by atoms with E-state index in [1.54, 1.807) is 24.3 Å². The second-order valence-corrected chi connectivity index (χ2v) is 4.52. The van der Waals surface area contributed by atoms with E-state index in [4.69, 9.17) is 0 Å². The van der Waals surface area contributed by atoms with Crippen LogP contribution in [-0.2, 0) is 0 Å². The zero-order valence-electron chi connectivity index (χ0n) is 10.3. The first-order chi connectivity index (χ1) is 8.16. The first-order valence-corrected chi connectivity index (χ1v) is 6.13. The minimum atomic E-state index is -0.144. The highest BCUT2D eigenvalue weighted by Gasteiger charge is 2.37. The summed E-state index contributed by atoms with van der Waals surface area (Å²) in [6.07, 6.45) is 2.99. The standard InChI is InChI=1S/C14H17NO2/c1-3-4-7-10(2)15-13(16)11-8-5-6-9-12(11)14(15)17/h5-6,8-10H,3-4,7H2,1-2H3/t10-/m0/s1. The van der Waals surface area contributed by atoms with E-state index in [1.807, 2.05) is 6.92 Å². The monoisotopic (exact) mass is 231 g/mol. The molecule has 2 rings (SSSR count). The quantitative estimate of drug-likeness (QED) is 0.747. The molecule has 90 valence electrons. The molecule has 0 aromatic heterocycles. The van der Waals surface area contributed by atoms with Crippen molar-refractivity contribution in [1.82, 2.24) is 4.90 Å². The van der Waals surface area contributed by atoms with Gasteiger partial charge in [0.25, 0.3) is 11.8 Å². The Hall–Kier alpha value is -1.64. The van der Waals surface area contributed by atoms with Gasteiger partial charge in [-0.3, -0.25) is 14.5 Å². The topological polar surface area (TPSA) is 37.4 Å². The zero-order valence-corrected chi connectivity index (χ0v) is 10.3. The smallest absolute Gasteiger partial charge is 0.261 e. The Morgan fingerprint density at radius 3 is 2.12 bits per heavy atom. The lowest BCUT2D eigenvalue weighted by Gasteiger charge is -2.22. The lowest BCUT2D eigenvalue weighted by Crippen LogP contribution is -2.37. The summed E-state index contributed by atoms with van der Waals surface area (Å²) in [5, 5.41) is 0. The number of nitrogens with zero attached hydrogens (tertiary/aromatic N) is 1. The minimum Gasteiger partial charge on any atom is -0.272 e. The summed E-state index contributed by atoms with van der Waals surface area (Å²) in [4.78, 5) is 25.6. The zero-order chi connectivity index (χ0) is 12.4. The first-order valence-electron chi connectivity index (χ1n) is 6.13. The molecular weight excluding hydrogens is 214 g/mol. The molecule has 1 heterocycles. The van der Waals surface area contributed by atoms with Gasteiger partial charge in [0.2, 0.25) is 0 Å². The van der Waals surface area contributed by atoms with E-state index in [1.165, 1.54) is 4.90 Å². The Labute approximate surface area is 101 Å². The molecule has 0 saturated heterocycles. The number of unbranched alkanes of at least 4 members (excludes halogenated alkanes) is 1. The molecule has 1 aliphatic heterocycles. The third-order valence-electron chi connectivity index (χ3n) is 3.24. The van der Waals surface area contributed by atoms with Gasteiger partial charge in [0.15, 0.2) is 0 Å². The number of amides is 2. The Morgan fingerprint density at radius 2 is 1.65 bits per heavy atom. The van der Waals surface area contributed by atoms with Crippen LogP contribution in [0, 0.1) is 0 Å². The number of carbonyl (C=O) groups is 2. The van der Waals surface area contributed by atoms with Gasteiger partial charge in [0.05, 0.1) is 11.1 Å². The highest BCUT2D eigenvalue weighted by atomic mass is 16.2. The Kier molecular flexibility index (Phi) is 3.27. The van der Waals surface area contributed by atoms with Crippen LogP contribution in [0.15, 0.2) is 24.3 Å². The maximum Gasteiger partial charge on any atom is 0.261 e. The van der Waals surface area contributed by atoms with E-state index in [-0.39, 0.29) is 17.9 Å². The van der Waals surface area contributed by atoms with Gasteiger partial charge in [-0.2, -0.15) is 0 Å². The van der Waals surface area contributed by atoms with E-state index in [0.29, 0.717) is 11.1 Å². The maximum absolute atomic E-state index is 12.1. The molecule has 0 bridgehead atoms. The molecule has 0 saturated carbocycles. The number of imide groups is 1. The Balaban J connectivity index is 2.24. The van der Waals surface area contributed by atoms with Gasteiger partial charge in [-0.1, -0.05) is 31.9 Å². The molecule has 3 nitrogen and oxygen atoms in total. The predicted molar refractivity (Wildman–Crippen MR) is 65.9 cm³/mol. The predicted octanol–water partition coefficient (Wildman–Crippen LogP) is 2.86. The lowest BCUT2D eigenvalue weighted by molar-refractivity contribution is 0.0588. The van der Waals surface area contributed by atoms with Crippen LogP contribution in [0.1, 0.15) is 53.8 Å². The number of carbonyl (C=O) groups excluding carboxylic acids is 2. The molecule has 2 amide bonds. The third-order valence-corrected chi connectivity index (χ3v) is 3.24. The van der Waals surface area contributed by atoms with E-state index in [2.05, 4.69) is 6.92 Å². The van der Waals surface area contributed by atoms with Gasteiger partial charge < -0.3 is 0 Å². The van der Waals surface area contributed by atoms with Crippen molar-refractivity contribution in [2.75, 3.05) is 0 Å². The van der Waals surface area contributed by atoms with Gasteiger partial charge in [-0.25, -0.2) is 0 Å². The van der Waals surface area contributed by atoms with Crippen LogP contribution in [0.3, 0.4) is 0 Å². The number of fused-ring (bicyclic) bond motifs is 1. The van der Waals surface area contributed by atoms with Gasteiger partial charge in [0.1, 0.15) is 0 Å². The molecule has 1 aromatic rings. The largest absolute Gasteiger partial charge is 0.272 e. The SMILES string of the molecule is CCCC[C@H](C)N1C(=O)c2ccccc2C1=O. The van der Waals surface area contributed by atoms with Crippen molar-refractivity contribution in [3.8, 4) is 0 Å². The van der Waals surface area contributed by atoms with Crippen molar-refractivity contribution < 1.29 is 9.59 Å². The summed E-state index contributed by atoms with van der Waals surface area (Å²) in [7, 11) is 0. The second kappa shape index (κ2) is 4.70. The van der Waals surface area contributed by atoms with Gasteiger partial charge >= 0.3 is 0 Å². The summed E-state index contributed by atoms with van der Waals surface area (Å²) in [5.74, 6) is -0.289. The number of benzene rings is 1. The fourth-order valence-electron chi connectivity index (χ4n) is 2.24. The Bertz CT molecular complexity index is 418. The minimum absolute atomic E-state index is 0.0117. The summed E-state index contributed by atoms with van der Waals surface area (Å²) < 4.78 is 0. The molecule has 0 unspecified atom stereocenters. The summed E-state index contributed by atoms with van der Waals surface area (Å²) in [5.41, 5.74) is 1.08. The lowest BCUT2D eigenvalue weighted by atomic mass is 10.1. The van der Waals surface area contributed by atoms with Crippen LogP contribution in [0.4, 0.5) is 0 Å². The van der Waals surface area contributed by atoms with E-state index >= 15 is 0 Å². The average Bonchev–Trinajstić information content (AvgIpc) is 2.60. The van der Waals surface area contributed by atoms with Crippen LogP contribution >= 0.6 is 0 Å². The fourth-order valence-corrected chi connectivity index (χ4v) is 2.24. The molecule has 0 spiro atoms. The highest BCUT2D eigenvalue weighted by Crippen LogP contribution is 2.25. The fraction of sp³-hybridized carbons (Fsp3) is 0.429. The second-order valence-electron chi connectivity index (χ2n) is 4.52. The molecule has 1 aromatic carbocycles. The van der Waals surface area contributed by atoms with Crippen LogP contribution < -0.4 is 0 Å². The van der Waals surface area contributed by atoms with Crippen LogP contribution in [0.5, 0.6) is 0 Å². The van der Waals surface area contributed by atoms with Gasteiger partial charge in [-0.05, 0) is 25.5 Å². The normalized spacial score (nSPS) is 16.2. The molecule has 0 fully saturated rings. The molecule has 0 aliphatic carbocycles. The molecule has 17 heavy (non-hydrogen) atoms.